The van der Waals surface area contributed by atoms with E-state index in [1.54, 1.807) is 13.1 Å². The fourth-order valence-corrected chi connectivity index (χ4v) is 3.34. The van der Waals surface area contributed by atoms with E-state index in [0.717, 1.165) is 16.9 Å². The minimum Gasteiger partial charge on any atom is -0.453 e. The molecule has 0 amide bonds. The summed E-state index contributed by atoms with van der Waals surface area (Å²) in [6.07, 6.45) is 9.58. The Morgan fingerprint density at radius 1 is 1.25 bits per heavy atom. The van der Waals surface area contributed by atoms with Crippen molar-refractivity contribution in [3.63, 3.8) is 0 Å². The van der Waals surface area contributed by atoms with Crippen molar-refractivity contribution in [2.75, 3.05) is 7.05 Å². The highest BCUT2D eigenvalue weighted by Crippen LogP contribution is 2.30. The molecule has 0 aromatic carbocycles. The zero-order valence-electron chi connectivity index (χ0n) is 15.0. The lowest BCUT2D eigenvalue weighted by Crippen LogP contribution is -2.07. The molecule has 0 radical (unpaired) electrons. The molecule has 0 unspecified atom stereocenters. The van der Waals surface area contributed by atoms with E-state index < -0.39 is 0 Å². The Balaban J connectivity index is 1.53. The third kappa shape index (κ3) is 3.62. The Labute approximate surface area is 164 Å². The molecular weight excluding hydrogens is 376 g/mol. The van der Waals surface area contributed by atoms with E-state index in [1.165, 1.54) is 11.8 Å². The van der Waals surface area contributed by atoms with Gasteiger partial charge in [0, 0.05) is 18.2 Å². The zero-order valence-corrected chi connectivity index (χ0v) is 15.8. The summed E-state index contributed by atoms with van der Waals surface area (Å²) in [5, 5.41) is 22.5. The number of aromatic amines is 2. The van der Waals surface area contributed by atoms with Gasteiger partial charge in [0.25, 0.3) is 0 Å². The first kappa shape index (κ1) is 17.9. The smallest absolute Gasteiger partial charge is 0.197 e. The fraction of sp³-hybridized carbons (Fsp3) is 0.111. The standard InChI is InChI=1S/C18H16N8OS/c1-3-5-11-6-4-7-12(16(11)19-2)13-8-9-14(27-13)17-20-18(24-23-17)28-10-15-21-25-26-22-15/h3-9H,1,10H2,2H3,(H,20,23,24)(H,21,22,25,26)/b11-5-,19-16+. The number of hydrogen-bond acceptors (Lipinski definition) is 8. The van der Waals surface area contributed by atoms with Gasteiger partial charge in [0.05, 0.1) is 11.5 Å². The average molecular weight is 392 g/mol. The summed E-state index contributed by atoms with van der Waals surface area (Å²) in [5.74, 6) is 3.06. The topological polar surface area (TPSA) is 122 Å². The minimum absolute atomic E-state index is 0.549. The number of aliphatic imine (C=N–C) groups is 1. The average Bonchev–Trinajstić information content (AvgIpc) is 3.47. The van der Waals surface area contributed by atoms with Crippen LogP contribution in [0.2, 0.25) is 0 Å². The third-order valence-electron chi connectivity index (χ3n) is 3.89. The van der Waals surface area contributed by atoms with Crippen LogP contribution in [0.3, 0.4) is 0 Å². The van der Waals surface area contributed by atoms with Gasteiger partial charge >= 0.3 is 0 Å². The first-order chi connectivity index (χ1) is 13.8. The summed E-state index contributed by atoms with van der Waals surface area (Å²) in [4.78, 5) is 7.54. The number of hydrogen-bond donors (Lipinski definition) is 2. The first-order valence-corrected chi connectivity index (χ1v) is 9.34. The predicted molar refractivity (Wildman–Crippen MR) is 107 cm³/mol. The van der Waals surface area contributed by atoms with E-state index in [9.17, 15) is 0 Å². The van der Waals surface area contributed by atoms with E-state index in [4.69, 9.17) is 4.42 Å². The van der Waals surface area contributed by atoms with E-state index in [1.807, 2.05) is 36.4 Å². The van der Waals surface area contributed by atoms with Crippen LogP contribution in [0.4, 0.5) is 0 Å². The summed E-state index contributed by atoms with van der Waals surface area (Å²) in [6, 6.07) is 3.75. The van der Waals surface area contributed by atoms with Crippen molar-refractivity contribution in [2.24, 2.45) is 4.99 Å². The van der Waals surface area contributed by atoms with Crippen molar-refractivity contribution < 1.29 is 4.42 Å². The van der Waals surface area contributed by atoms with E-state index in [-0.39, 0.29) is 0 Å². The molecule has 10 heteroatoms. The van der Waals surface area contributed by atoms with Crippen molar-refractivity contribution in [1.82, 2.24) is 35.8 Å². The van der Waals surface area contributed by atoms with E-state index >= 15 is 0 Å². The third-order valence-corrected chi connectivity index (χ3v) is 4.77. The van der Waals surface area contributed by atoms with Gasteiger partial charge in [0.1, 0.15) is 5.76 Å². The lowest BCUT2D eigenvalue weighted by Gasteiger charge is -2.12. The second kappa shape index (κ2) is 8.01. The van der Waals surface area contributed by atoms with Crippen LogP contribution < -0.4 is 0 Å². The molecule has 0 saturated carbocycles. The Morgan fingerprint density at radius 2 is 2.14 bits per heavy atom. The molecule has 0 bridgehead atoms. The molecule has 28 heavy (non-hydrogen) atoms. The number of rotatable bonds is 6. The van der Waals surface area contributed by atoms with Crippen molar-refractivity contribution in [2.45, 2.75) is 10.9 Å². The molecule has 1 aliphatic carbocycles. The second-order valence-corrected chi connectivity index (χ2v) is 6.61. The van der Waals surface area contributed by atoms with Crippen LogP contribution in [-0.4, -0.2) is 48.6 Å². The van der Waals surface area contributed by atoms with Gasteiger partial charge in [-0.2, -0.15) is 0 Å². The number of furan rings is 1. The molecule has 1 aliphatic rings. The molecule has 0 fully saturated rings. The molecule has 3 aromatic heterocycles. The lowest BCUT2D eigenvalue weighted by atomic mass is 9.95. The van der Waals surface area contributed by atoms with Crippen LogP contribution in [-0.2, 0) is 5.75 Å². The first-order valence-electron chi connectivity index (χ1n) is 8.35. The second-order valence-electron chi connectivity index (χ2n) is 5.65. The van der Waals surface area contributed by atoms with Crippen LogP contribution in [0.25, 0.3) is 17.2 Å². The van der Waals surface area contributed by atoms with Gasteiger partial charge in [-0.15, -0.1) is 15.3 Å². The Hall–Kier alpha value is -3.53. The van der Waals surface area contributed by atoms with Crippen LogP contribution in [0.1, 0.15) is 11.6 Å². The summed E-state index contributed by atoms with van der Waals surface area (Å²) in [6.45, 7) is 3.76. The van der Waals surface area contributed by atoms with Gasteiger partial charge in [-0.3, -0.25) is 4.99 Å². The molecule has 0 atom stereocenters. The van der Waals surface area contributed by atoms with Crippen LogP contribution in [0.15, 0.2) is 69.2 Å². The molecule has 9 nitrogen and oxygen atoms in total. The number of tetrazole rings is 1. The van der Waals surface area contributed by atoms with Crippen LogP contribution in [0, 0.1) is 0 Å². The number of nitrogens with one attached hydrogen (secondary N) is 2. The molecular formula is C18H16N8OS. The van der Waals surface area contributed by atoms with Crippen molar-refractivity contribution in [3.05, 3.63) is 66.2 Å². The number of allylic oxidation sites excluding steroid dienone is 7. The molecule has 3 heterocycles. The maximum atomic E-state index is 6.01. The molecule has 0 aliphatic heterocycles. The Morgan fingerprint density at radius 3 is 2.93 bits per heavy atom. The minimum atomic E-state index is 0.549. The number of H-pyrrole nitrogens is 2. The largest absolute Gasteiger partial charge is 0.453 e. The van der Waals surface area contributed by atoms with Crippen LogP contribution >= 0.6 is 11.8 Å². The predicted octanol–water partition coefficient (Wildman–Crippen LogP) is 3.01. The van der Waals surface area contributed by atoms with Gasteiger partial charge in [0.2, 0.25) is 0 Å². The molecule has 4 rings (SSSR count). The molecule has 2 N–H and O–H groups in total. The molecule has 0 spiro atoms. The number of nitrogens with zero attached hydrogens (tertiary/aromatic N) is 6. The van der Waals surface area contributed by atoms with Crippen molar-refractivity contribution in [1.29, 1.82) is 0 Å². The van der Waals surface area contributed by atoms with E-state index in [2.05, 4.69) is 47.4 Å². The molecule has 0 saturated heterocycles. The van der Waals surface area contributed by atoms with Crippen molar-refractivity contribution >= 4 is 23.0 Å². The zero-order chi connectivity index (χ0) is 19.3. The maximum absolute atomic E-state index is 6.01. The fourth-order valence-electron chi connectivity index (χ4n) is 2.68. The van der Waals surface area contributed by atoms with Gasteiger partial charge in [-0.05, 0) is 28.6 Å². The number of thioether (sulfide) groups is 1. The summed E-state index contributed by atoms with van der Waals surface area (Å²) < 4.78 is 6.01. The monoisotopic (exact) mass is 392 g/mol. The van der Waals surface area contributed by atoms with Crippen LogP contribution in [0.5, 0.6) is 0 Å². The van der Waals surface area contributed by atoms with E-state index in [0.29, 0.717) is 34.1 Å². The lowest BCUT2D eigenvalue weighted by molar-refractivity contribution is 0.565. The molecule has 3 aromatic rings. The highest BCUT2D eigenvalue weighted by Gasteiger charge is 2.19. The molecule has 140 valence electrons. The van der Waals surface area contributed by atoms with Gasteiger partial charge in [0.15, 0.2) is 22.6 Å². The van der Waals surface area contributed by atoms with Gasteiger partial charge in [-0.25, -0.2) is 5.10 Å². The summed E-state index contributed by atoms with van der Waals surface area (Å²) in [7, 11) is 1.76. The summed E-state index contributed by atoms with van der Waals surface area (Å²) >= 11 is 1.44. The van der Waals surface area contributed by atoms with Gasteiger partial charge < -0.3 is 9.40 Å². The SMILES string of the molecule is C=C/C=C1/C=CC=C(c2ccc(-c3nnc(SCc4nnn[nH]4)[nH]3)o2)/C1=N/C. The maximum Gasteiger partial charge on any atom is 0.197 e. The quantitative estimate of drug-likeness (QED) is 0.618. The van der Waals surface area contributed by atoms with Crippen molar-refractivity contribution in [3.8, 4) is 11.6 Å². The Bertz CT molecular complexity index is 1100. The highest BCUT2D eigenvalue weighted by molar-refractivity contribution is 7.98. The highest BCUT2D eigenvalue weighted by atomic mass is 32.2. The normalized spacial score (nSPS) is 16.7. The van der Waals surface area contributed by atoms with Gasteiger partial charge in [-0.1, -0.05) is 42.6 Å². The number of aromatic nitrogens is 7. The summed E-state index contributed by atoms with van der Waals surface area (Å²) in [5.41, 5.74) is 2.72. The Kier molecular flexibility index (Phi) is 5.11.